The molecule has 0 saturated carbocycles. The molecule has 0 aliphatic carbocycles. The minimum Gasteiger partial charge on any atom is -0.444 e. The number of carbonyl (C=O) groups excluding carboxylic acids is 1. The Morgan fingerprint density at radius 2 is 2.19 bits per heavy atom. The van der Waals surface area contributed by atoms with E-state index >= 15 is 0 Å². The second kappa shape index (κ2) is 6.67. The number of aromatic nitrogens is 1. The van der Waals surface area contributed by atoms with Gasteiger partial charge in [-0.3, -0.25) is 10.1 Å². The summed E-state index contributed by atoms with van der Waals surface area (Å²) in [5.74, 6) is 0. The van der Waals surface area contributed by atoms with Gasteiger partial charge in [-0.05, 0) is 33.3 Å². The summed E-state index contributed by atoms with van der Waals surface area (Å²) in [4.78, 5) is 28.1. The Morgan fingerprint density at radius 1 is 1.46 bits per heavy atom. The van der Waals surface area contributed by atoms with E-state index in [1.165, 1.54) is 23.1 Å². The van der Waals surface area contributed by atoms with Crippen LogP contribution in [0.5, 0.6) is 0 Å². The van der Waals surface area contributed by atoms with Crippen LogP contribution in [0.4, 0.5) is 10.5 Å². The summed E-state index contributed by atoms with van der Waals surface area (Å²) in [5, 5.41) is 10.5. The summed E-state index contributed by atoms with van der Waals surface area (Å²) in [7, 11) is -1.57. The highest BCUT2D eigenvalue weighted by molar-refractivity contribution is 7.85. The standard InChI is InChI=1S/C16H19N3O6S/c1-16(2,3)25-15(20)18-7-6-11(9-18)26(23)14-17-12-8-10(19(21)22)4-5-13(12)24-14/h4-5,8,11H,6-7,9H2,1-3H3/t11-,26?/m1/s1. The molecule has 1 unspecified atom stereocenters. The van der Waals surface area contributed by atoms with Gasteiger partial charge in [-0.15, -0.1) is 0 Å². The molecule has 0 radical (unpaired) electrons. The van der Waals surface area contributed by atoms with Crippen LogP contribution in [-0.2, 0) is 15.5 Å². The number of nitro groups is 1. The number of benzene rings is 1. The molecule has 0 N–H and O–H groups in total. The summed E-state index contributed by atoms with van der Waals surface area (Å²) < 4.78 is 23.5. The fourth-order valence-corrected chi connectivity index (χ4v) is 3.91. The van der Waals surface area contributed by atoms with E-state index in [0.29, 0.717) is 18.5 Å². The lowest BCUT2D eigenvalue weighted by Crippen LogP contribution is -2.36. The molecule has 1 fully saturated rings. The number of oxazole rings is 1. The highest BCUT2D eigenvalue weighted by Gasteiger charge is 2.35. The summed E-state index contributed by atoms with van der Waals surface area (Å²) >= 11 is 0. The van der Waals surface area contributed by atoms with Crippen molar-refractivity contribution in [2.24, 2.45) is 0 Å². The summed E-state index contributed by atoms with van der Waals surface area (Å²) in [6.45, 7) is 6.08. The maximum atomic E-state index is 12.7. The highest BCUT2D eigenvalue weighted by atomic mass is 32.2. The van der Waals surface area contributed by atoms with Crippen molar-refractivity contribution < 1.29 is 23.1 Å². The molecule has 1 aliphatic heterocycles. The summed E-state index contributed by atoms with van der Waals surface area (Å²) in [5.41, 5.74) is -0.0887. The first-order valence-electron chi connectivity index (χ1n) is 8.07. The molecule has 2 heterocycles. The third kappa shape index (κ3) is 3.85. The van der Waals surface area contributed by atoms with Gasteiger partial charge in [0.1, 0.15) is 21.9 Å². The number of nitro benzene ring substituents is 1. The predicted octanol–water partition coefficient (Wildman–Crippen LogP) is 2.85. The van der Waals surface area contributed by atoms with Crippen LogP contribution >= 0.6 is 0 Å². The molecule has 26 heavy (non-hydrogen) atoms. The first-order chi connectivity index (χ1) is 12.1. The molecule has 1 aliphatic rings. The van der Waals surface area contributed by atoms with Gasteiger partial charge in [0, 0.05) is 25.2 Å². The number of nitrogens with zero attached hydrogens (tertiary/aromatic N) is 3. The van der Waals surface area contributed by atoms with Crippen LogP contribution in [0.3, 0.4) is 0 Å². The number of fused-ring (bicyclic) bond motifs is 1. The van der Waals surface area contributed by atoms with Crippen LogP contribution in [0.1, 0.15) is 27.2 Å². The molecule has 1 aromatic heterocycles. The van der Waals surface area contributed by atoms with Crippen molar-refractivity contribution in [3.63, 3.8) is 0 Å². The highest BCUT2D eigenvalue weighted by Crippen LogP contribution is 2.26. The Labute approximate surface area is 151 Å². The van der Waals surface area contributed by atoms with E-state index in [2.05, 4.69) is 4.98 Å². The summed E-state index contributed by atoms with van der Waals surface area (Å²) in [6.07, 6.45) is 0.0928. The van der Waals surface area contributed by atoms with Crippen LogP contribution < -0.4 is 0 Å². The van der Waals surface area contributed by atoms with E-state index in [1.807, 2.05) is 0 Å². The zero-order valence-electron chi connectivity index (χ0n) is 14.6. The molecule has 1 aromatic carbocycles. The summed E-state index contributed by atoms with van der Waals surface area (Å²) in [6, 6.07) is 4.02. The Hall–Kier alpha value is -2.49. The average molecular weight is 381 g/mol. The monoisotopic (exact) mass is 381 g/mol. The maximum absolute atomic E-state index is 12.7. The smallest absolute Gasteiger partial charge is 0.410 e. The van der Waals surface area contributed by atoms with Crippen molar-refractivity contribution in [1.82, 2.24) is 9.88 Å². The van der Waals surface area contributed by atoms with E-state index < -0.39 is 27.4 Å². The van der Waals surface area contributed by atoms with Crippen LogP contribution in [0.15, 0.2) is 27.8 Å². The van der Waals surface area contributed by atoms with Gasteiger partial charge < -0.3 is 14.1 Å². The zero-order chi connectivity index (χ0) is 19.1. The molecule has 1 saturated heterocycles. The Morgan fingerprint density at radius 3 is 2.85 bits per heavy atom. The van der Waals surface area contributed by atoms with Crippen molar-refractivity contribution in [2.75, 3.05) is 13.1 Å². The van der Waals surface area contributed by atoms with Crippen molar-refractivity contribution >= 4 is 33.7 Å². The van der Waals surface area contributed by atoms with E-state index in [1.54, 1.807) is 20.8 Å². The second-order valence-electron chi connectivity index (χ2n) is 7.02. The van der Waals surface area contributed by atoms with E-state index in [-0.39, 0.29) is 28.2 Å². The normalized spacial score (nSPS) is 18.9. The van der Waals surface area contributed by atoms with Gasteiger partial charge in [0.25, 0.3) is 10.9 Å². The molecule has 2 atom stereocenters. The Kier molecular flexibility index (Phi) is 4.70. The number of hydrogen-bond donors (Lipinski definition) is 0. The van der Waals surface area contributed by atoms with Crippen molar-refractivity contribution in [2.45, 2.75) is 43.3 Å². The van der Waals surface area contributed by atoms with E-state index in [4.69, 9.17) is 9.15 Å². The third-order valence-electron chi connectivity index (χ3n) is 3.83. The first-order valence-corrected chi connectivity index (χ1v) is 9.29. The van der Waals surface area contributed by atoms with Crippen LogP contribution in [0, 0.1) is 10.1 Å². The van der Waals surface area contributed by atoms with Gasteiger partial charge in [-0.2, -0.15) is 0 Å². The number of carbonyl (C=O) groups is 1. The van der Waals surface area contributed by atoms with Gasteiger partial charge in [-0.1, -0.05) is 0 Å². The Balaban J connectivity index is 1.73. The fraction of sp³-hybridized carbons (Fsp3) is 0.500. The molecule has 140 valence electrons. The van der Waals surface area contributed by atoms with Crippen molar-refractivity contribution in [3.8, 4) is 0 Å². The van der Waals surface area contributed by atoms with Gasteiger partial charge in [0.2, 0.25) is 0 Å². The molecule has 9 nitrogen and oxygen atoms in total. The molecular formula is C16H19N3O6S. The van der Waals surface area contributed by atoms with Crippen molar-refractivity contribution in [3.05, 3.63) is 28.3 Å². The predicted molar refractivity (Wildman–Crippen MR) is 93.3 cm³/mol. The zero-order valence-corrected chi connectivity index (χ0v) is 15.4. The number of amides is 1. The number of hydrogen-bond acceptors (Lipinski definition) is 7. The fourth-order valence-electron chi connectivity index (χ4n) is 2.63. The average Bonchev–Trinajstić information content (AvgIpc) is 3.18. The van der Waals surface area contributed by atoms with Crippen LogP contribution in [0.25, 0.3) is 11.1 Å². The molecule has 2 aromatic rings. The maximum Gasteiger partial charge on any atom is 0.410 e. The molecular weight excluding hydrogens is 362 g/mol. The number of non-ortho nitro benzene ring substituents is 1. The van der Waals surface area contributed by atoms with Gasteiger partial charge in [-0.25, -0.2) is 14.0 Å². The number of rotatable bonds is 3. The lowest BCUT2D eigenvalue weighted by Gasteiger charge is -2.24. The van der Waals surface area contributed by atoms with Crippen molar-refractivity contribution in [1.29, 1.82) is 0 Å². The largest absolute Gasteiger partial charge is 0.444 e. The van der Waals surface area contributed by atoms with Crippen LogP contribution in [0.2, 0.25) is 0 Å². The first kappa shape index (κ1) is 18.3. The molecule has 10 heteroatoms. The minimum absolute atomic E-state index is 0.0107. The van der Waals surface area contributed by atoms with Gasteiger partial charge in [0.15, 0.2) is 5.58 Å². The Bertz CT molecular complexity index is 888. The molecule has 0 bridgehead atoms. The lowest BCUT2D eigenvalue weighted by molar-refractivity contribution is -0.384. The third-order valence-corrected chi connectivity index (χ3v) is 5.34. The SMILES string of the molecule is CC(C)(C)OC(=O)N1CC[C@@H](S(=O)c2nc3cc([N+](=O)[O-])ccc3o2)C1. The number of ether oxygens (including phenoxy) is 1. The topological polar surface area (TPSA) is 116 Å². The van der Waals surface area contributed by atoms with Crippen LogP contribution in [-0.4, -0.2) is 49.0 Å². The lowest BCUT2D eigenvalue weighted by atomic mass is 10.2. The minimum atomic E-state index is -1.57. The van der Waals surface area contributed by atoms with E-state index in [9.17, 15) is 19.1 Å². The number of likely N-dealkylation sites (tertiary alicyclic amines) is 1. The molecule has 3 rings (SSSR count). The van der Waals surface area contributed by atoms with Gasteiger partial charge >= 0.3 is 6.09 Å². The second-order valence-corrected chi connectivity index (χ2v) is 8.63. The quantitative estimate of drug-likeness (QED) is 0.593. The molecule has 1 amide bonds. The van der Waals surface area contributed by atoms with Gasteiger partial charge in [0.05, 0.1) is 10.2 Å². The molecule has 0 spiro atoms. The van der Waals surface area contributed by atoms with E-state index in [0.717, 1.165) is 0 Å².